The maximum atomic E-state index is 13.5. The summed E-state index contributed by atoms with van der Waals surface area (Å²) < 4.78 is 5.42. The van der Waals surface area contributed by atoms with Gasteiger partial charge in [0.15, 0.2) is 0 Å². The van der Waals surface area contributed by atoms with Crippen molar-refractivity contribution in [2.45, 2.75) is 76.6 Å². The van der Waals surface area contributed by atoms with E-state index < -0.39 is 29.9 Å². The number of nitrogens with one attached hydrogen (secondary N) is 3. The highest BCUT2D eigenvalue weighted by Gasteiger charge is 2.34. The van der Waals surface area contributed by atoms with E-state index in [1.54, 1.807) is 20.8 Å². The Morgan fingerprint density at radius 3 is 2.02 bits per heavy atom. The Balaban J connectivity index is 1.34. The Morgan fingerprint density at radius 1 is 0.848 bits per heavy atom. The average molecular weight is 629 g/mol. The predicted molar refractivity (Wildman–Crippen MR) is 175 cm³/mol. The number of ether oxygens (including phenoxy) is 1. The molecule has 4 amide bonds. The quantitative estimate of drug-likeness (QED) is 0.203. The third-order valence-electron chi connectivity index (χ3n) is 7.91. The number of fused-ring (bicyclic) bond motifs is 1. The molecule has 3 aromatic rings. The van der Waals surface area contributed by atoms with Crippen molar-refractivity contribution in [1.82, 2.24) is 20.9 Å². The smallest absolute Gasteiger partial charge is 0.408 e. The number of alkyl carbamates (subject to hydrolysis) is 1. The van der Waals surface area contributed by atoms with E-state index in [9.17, 15) is 24.3 Å². The van der Waals surface area contributed by atoms with Gasteiger partial charge in [0.25, 0.3) is 0 Å². The topological polar surface area (TPSA) is 137 Å². The molecule has 3 aromatic carbocycles. The molecule has 0 fully saturated rings. The summed E-state index contributed by atoms with van der Waals surface area (Å²) in [7, 11) is 0. The van der Waals surface area contributed by atoms with Crippen molar-refractivity contribution in [1.29, 1.82) is 0 Å². The lowest BCUT2D eigenvalue weighted by Gasteiger charge is -2.34. The molecule has 4 N–H and O–H groups in total. The van der Waals surface area contributed by atoms with Crippen molar-refractivity contribution < 1.29 is 29.0 Å². The van der Waals surface area contributed by atoms with Crippen LogP contribution in [-0.2, 0) is 27.3 Å². The van der Waals surface area contributed by atoms with Crippen LogP contribution in [0.5, 0.6) is 0 Å². The number of unbranched alkanes of at least 4 members (excludes halogenated alkanes) is 1. The summed E-state index contributed by atoms with van der Waals surface area (Å²) in [6, 6.07) is 25.7. The Morgan fingerprint density at radius 2 is 1.43 bits per heavy atom. The standard InChI is InChI=1S/C36H44N4O6/c1-36(2,3)46-34(43)39-30(32(41)38-23-29(25-14-6-4-7-15-25)26-16-8-5-9-17-26)20-12-13-21-37-33(42)31-22-27-18-10-11-19-28(27)24-40(31)35(44)45/h4-11,14-19,29-31H,12-13,20-24H2,1-3H3,(H,37,42)(H,38,41)(H,39,43)(H,44,45). The number of carbonyl (C=O) groups excluding carboxylic acids is 3. The molecule has 1 heterocycles. The summed E-state index contributed by atoms with van der Waals surface area (Å²) in [6.07, 6.45) is -0.152. The molecule has 10 heteroatoms. The van der Waals surface area contributed by atoms with Crippen LogP contribution >= 0.6 is 0 Å². The van der Waals surface area contributed by atoms with E-state index in [1.165, 1.54) is 4.90 Å². The monoisotopic (exact) mass is 628 g/mol. The second-order valence-electron chi connectivity index (χ2n) is 12.5. The molecular weight excluding hydrogens is 584 g/mol. The minimum Gasteiger partial charge on any atom is -0.465 e. The van der Waals surface area contributed by atoms with Gasteiger partial charge in [-0.3, -0.25) is 14.5 Å². The average Bonchev–Trinajstić information content (AvgIpc) is 3.03. The van der Waals surface area contributed by atoms with Gasteiger partial charge in [-0.05, 0) is 62.3 Å². The number of carboxylic acid groups (broad SMARTS) is 1. The predicted octanol–water partition coefficient (Wildman–Crippen LogP) is 5.22. The van der Waals surface area contributed by atoms with Crippen molar-refractivity contribution in [2.75, 3.05) is 13.1 Å². The van der Waals surface area contributed by atoms with Gasteiger partial charge in [0.05, 0.1) is 6.54 Å². The Hall–Kier alpha value is -4.86. The van der Waals surface area contributed by atoms with Gasteiger partial charge in [-0.1, -0.05) is 84.9 Å². The Labute approximate surface area is 270 Å². The highest BCUT2D eigenvalue weighted by molar-refractivity contribution is 5.86. The molecule has 2 atom stereocenters. The van der Waals surface area contributed by atoms with Crippen LogP contribution in [0.4, 0.5) is 9.59 Å². The van der Waals surface area contributed by atoms with Crippen LogP contribution in [0.2, 0.25) is 0 Å². The molecule has 46 heavy (non-hydrogen) atoms. The lowest BCUT2D eigenvalue weighted by atomic mass is 9.91. The number of benzene rings is 3. The summed E-state index contributed by atoms with van der Waals surface area (Å²) in [6.45, 7) is 6.06. The van der Waals surface area contributed by atoms with Crippen LogP contribution in [0.15, 0.2) is 84.9 Å². The lowest BCUT2D eigenvalue weighted by Crippen LogP contribution is -2.52. The van der Waals surface area contributed by atoms with E-state index in [-0.39, 0.29) is 24.3 Å². The normalized spacial score (nSPS) is 15.0. The van der Waals surface area contributed by atoms with Gasteiger partial charge in [-0.2, -0.15) is 0 Å². The largest absolute Gasteiger partial charge is 0.465 e. The molecule has 0 spiro atoms. The molecule has 1 aliphatic heterocycles. The zero-order valence-corrected chi connectivity index (χ0v) is 26.7. The van der Waals surface area contributed by atoms with Crippen LogP contribution in [0.25, 0.3) is 0 Å². The van der Waals surface area contributed by atoms with Crippen molar-refractivity contribution in [3.05, 3.63) is 107 Å². The first kappa shape index (κ1) is 34.0. The van der Waals surface area contributed by atoms with Crippen LogP contribution in [0, 0.1) is 0 Å². The summed E-state index contributed by atoms with van der Waals surface area (Å²) in [5, 5.41) is 18.3. The van der Waals surface area contributed by atoms with Gasteiger partial charge >= 0.3 is 12.2 Å². The number of hydrogen-bond donors (Lipinski definition) is 4. The summed E-state index contributed by atoms with van der Waals surface area (Å²) >= 11 is 0. The van der Waals surface area contributed by atoms with Gasteiger partial charge in [0, 0.05) is 25.4 Å². The van der Waals surface area contributed by atoms with Crippen molar-refractivity contribution >= 4 is 24.0 Å². The molecule has 0 saturated heterocycles. The van der Waals surface area contributed by atoms with Gasteiger partial charge in [-0.25, -0.2) is 9.59 Å². The fraction of sp³-hybridized carbons (Fsp3) is 0.389. The minimum absolute atomic E-state index is 0.0825. The highest BCUT2D eigenvalue weighted by atomic mass is 16.6. The van der Waals surface area contributed by atoms with Crippen molar-refractivity contribution in [3.8, 4) is 0 Å². The van der Waals surface area contributed by atoms with E-state index in [1.807, 2.05) is 84.9 Å². The Kier molecular flexibility index (Phi) is 11.8. The van der Waals surface area contributed by atoms with Gasteiger partial charge in [0.2, 0.25) is 11.8 Å². The molecule has 0 aliphatic carbocycles. The fourth-order valence-electron chi connectivity index (χ4n) is 5.60. The highest BCUT2D eigenvalue weighted by Crippen LogP contribution is 2.25. The summed E-state index contributed by atoms with van der Waals surface area (Å²) in [5.74, 6) is -0.767. The fourth-order valence-corrected chi connectivity index (χ4v) is 5.60. The SMILES string of the molecule is CC(C)(C)OC(=O)NC(CCCCNC(=O)C1Cc2ccccc2CN1C(=O)O)C(=O)NCC(c1ccccc1)c1ccccc1. The third kappa shape index (κ3) is 9.82. The molecule has 2 unspecified atom stereocenters. The molecule has 1 aliphatic rings. The van der Waals surface area contributed by atoms with Crippen LogP contribution in [0.3, 0.4) is 0 Å². The molecule has 244 valence electrons. The van der Waals surface area contributed by atoms with Crippen LogP contribution in [-0.4, -0.2) is 64.8 Å². The first-order chi connectivity index (χ1) is 22.0. The molecule has 0 aromatic heterocycles. The van der Waals surface area contributed by atoms with Crippen LogP contribution < -0.4 is 16.0 Å². The molecule has 0 saturated carbocycles. The first-order valence-corrected chi connectivity index (χ1v) is 15.7. The van der Waals surface area contributed by atoms with Gasteiger partial charge in [0.1, 0.15) is 17.7 Å². The van der Waals surface area contributed by atoms with E-state index in [0.717, 1.165) is 22.3 Å². The maximum Gasteiger partial charge on any atom is 0.408 e. The second kappa shape index (κ2) is 15.9. The molecule has 4 rings (SSSR count). The molecule has 10 nitrogen and oxygen atoms in total. The van der Waals surface area contributed by atoms with E-state index in [2.05, 4.69) is 16.0 Å². The van der Waals surface area contributed by atoms with Gasteiger partial charge < -0.3 is 25.8 Å². The van der Waals surface area contributed by atoms with Crippen LogP contribution in [0.1, 0.15) is 68.2 Å². The molecule has 0 radical (unpaired) electrons. The zero-order valence-electron chi connectivity index (χ0n) is 26.7. The van der Waals surface area contributed by atoms with E-state index >= 15 is 0 Å². The number of rotatable bonds is 12. The molecule has 0 bridgehead atoms. The van der Waals surface area contributed by atoms with Crippen molar-refractivity contribution in [3.63, 3.8) is 0 Å². The summed E-state index contributed by atoms with van der Waals surface area (Å²) in [5.41, 5.74) is 3.25. The van der Waals surface area contributed by atoms with E-state index in [0.29, 0.717) is 38.8 Å². The number of nitrogens with zero attached hydrogens (tertiary/aromatic N) is 1. The maximum absolute atomic E-state index is 13.5. The third-order valence-corrected chi connectivity index (χ3v) is 7.91. The second-order valence-corrected chi connectivity index (χ2v) is 12.5. The minimum atomic E-state index is -1.14. The number of amides is 4. The van der Waals surface area contributed by atoms with E-state index in [4.69, 9.17) is 4.74 Å². The van der Waals surface area contributed by atoms with Crippen molar-refractivity contribution in [2.24, 2.45) is 0 Å². The number of carbonyl (C=O) groups is 4. The molecular formula is C36H44N4O6. The van der Waals surface area contributed by atoms with Gasteiger partial charge in [-0.15, -0.1) is 0 Å². The first-order valence-electron chi connectivity index (χ1n) is 15.7. The summed E-state index contributed by atoms with van der Waals surface area (Å²) in [4.78, 5) is 52.2. The Bertz CT molecular complexity index is 1440. The zero-order chi connectivity index (χ0) is 33.1. The number of hydrogen-bond acceptors (Lipinski definition) is 5. The lowest BCUT2D eigenvalue weighted by molar-refractivity contribution is -0.126.